The zero-order valence-corrected chi connectivity index (χ0v) is 16.0. The predicted octanol–water partition coefficient (Wildman–Crippen LogP) is 2.51. The van der Waals surface area contributed by atoms with E-state index in [0.29, 0.717) is 12.5 Å². The van der Waals surface area contributed by atoms with Crippen molar-refractivity contribution in [3.05, 3.63) is 11.1 Å². The molecule has 5 nitrogen and oxygen atoms in total. The second-order valence-corrected chi connectivity index (χ2v) is 8.73. The summed E-state index contributed by atoms with van der Waals surface area (Å²) in [6.45, 7) is 7.62. The van der Waals surface area contributed by atoms with Crippen LogP contribution in [-0.2, 0) is 16.0 Å². The van der Waals surface area contributed by atoms with Crippen LogP contribution < -0.4 is 0 Å². The van der Waals surface area contributed by atoms with Crippen LogP contribution in [0.4, 0.5) is 0 Å². The van der Waals surface area contributed by atoms with Crippen molar-refractivity contribution in [2.24, 2.45) is 0 Å². The molecule has 1 aromatic rings. The van der Waals surface area contributed by atoms with Crippen LogP contribution in [0, 0.1) is 0 Å². The maximum Gasteiger partial charge on any atom is 0.228 e. The zero-order chi connectivity index (χ0) is 16.8. The summed E-state index contributed by atoms with van der Waals surface area (Å²) >= 11 is 3.40. The number of rotatable bonds is 6. The van der Waals surface area contributed by atoms with E-state index in [1.807, 2.05) is 5.38 Å². The second-order valence-electron chi connectivity index (χ2n) is 6.36. The van der Waals surface area contributed by atoms with Gasteiger partial charge in [0.1, 0.15) is 4.34 Å². The number of hydrogen-bond donors (Lipinski definition) is 0. The Bertz CT molecular complexity index is 532. The minimum atomic E-state index is 0.242. The van der Waals surface area contributed by atoms with Gasteiger partial charge in [-0.2, -0.15) is 0 Å². The van der Waals surface area contributed by atoms with Crippen LogP contribution in [0.5, 0.6) is 0 Å². The summed E-state index contributed by atoms with van der Waals surface area (Å²) < 4.78 is 6.51. The molecule has 0 radical (unpaired) electrons. The number of aromatic nitrogens is 1. The van der Waals surface area contributed by atoms with Gasteiger partial charge in [-0.15, -0.1) is 11.3 Å². The van der Waals surface area contributed by atoms with E-state index in [0.717, 1.165) is 68.0 Å². The molecule has 2 saturated heterocycles. The summed E-state index contributed by atoms with van der Waals surface area (Å²) in [5.74, 6) is 1.26. The van der Waals surface area contributed by atoms with Gasteiger partial charge in [-0.3, -0.25) is 9.69 Å². The fraction of sp³-hybridized carbons (Fsp3) is 0.765. The van der Waals surface area contributed by atoms with E-state index >= 15 is 0 Å². The number of thioether (sulfide) groups is 1. The quantitative estimate of drug-likeness (QED) is 0.721. The fourth-order valence-corrected chi connectivity index (χ4v) is 5.16. The summed E-state index contributed by atoms with van der Waals surface area (Å²) in [4.78, 5) is 22.0. The minimum absolute atomic E-state index is 0.242. The average Bonchev–Trinajstić information content (AvgIpc) is 3.03. The maximum atomic E-state index is 12.8. The summed E-state index contributed by atoms with van der Waals surface area (Å²) in [6.07, 6.45) is 3.92. The molecule has 2 aliphatic heterocycles. The van der Waals surface area contributed by atoms with Gasteiger partial charge in [0.15, 0.2) is 0 Å². The first-order valence-corrected chi connectivity index (χ1v) is 10.8. The third-order valence-electron chi connectivity index (χ3n) is 4.65. The number of thiazole rings is 1. The second kappa shape index (κ2) is 9.17. The van der Waals surface area contributed by atoms with E-state index in [1.165, 1.54) is 6.42 Å². The Morgan fingerprint density at radius 2 is 2.21 bits per heavy atom. The smallest absolute Gasteiger partial charge is 0.228 e. The molecule has 0 N–H and O–H groups in total. The van der Waals surface area contributed by atoms with Crippen molar-refractivity contribution in [3.8, 4) is 0 Å². The Hall–Kier alpha value is -0.630. The Labute approximate surface area is 152 Å². The monoisotopic (exact) mass is 369 g/mol. The third-order valence-corrected chi connectivity index (χ3v) is 6.60. The lowest BCUT2D eigenvalue weighted by Crippen LogP contribution is -2.51. The van der Waals surface area contributed by atoms with E-state index in [9.17, 15) is 4.79 Å². The van der Waals surface area contributed by atoms with Gasteiger partial charge in [0.25, 0.3) is 0 Å². The third kappa shape index (κ3) is 4.94. The van der Waals surface area contributed by atoms with Crippen LogP contribution in [0.1, 0.15) is 31.9 Å². The first kappa shape index (κ1) is 18.2. The highest BCUT2D eigenvalue weighted by atomic mass is 32.2. The fourth-order valence-electron chi connectivity index (χ4n) is 3.42. The van der Waals surface area contributed by atoms with Gasteiger partial charge in [-0.25, -0.2) is 4.98 Å². The van der Waals surface area contributed by atoms with Crippen LogP contribution in [0.3, 0.4) is 0 Å². The van der Waals surface area contributed by atoms with Gasteiger partial charge >= 0.3 is 0 Å². The Kier molecular flexibility index (Phi) is 6.95. The Balaban J connectivity index is 1.57. The van der Waals surface area contributed by atoms with Gasteiger partial charge in [0.05, 0.1) is 25.3 Å². The van der Waals surface area contributed by atoms with Crippen LogP contribution in [0.15, 0.2) is 9.72 Å². The molecule has 0 unspecified atom stereocenters. The van der Waals surface area contributed by atoms with Gasteiger partial charge in [-0.05, 0) is 25.0 Å². The lowest BCUT2D eigenvalue weighted by atomic mass is 10.0. The first-order valence-electron chi connectivity index (χ1n) is 8.93. The number of ether oxygens (including phenoxy) is 1. The number of amides is 1. The molecule has 0 spiro atoms. The molecule has 7 heteroatoms. The van der Waals surface area contributed by atoms with Gasteiger partial charge < -0.3 is 9.64 Å². The SMILES string of the molecule is CCSc1nc(CC(=O)N2CCCC[C@H]2CN2CCOCC2)cs1. The van der Waals surface area contributed by atoms with E-state index < -0.39 is 0 Å². The van der Waals surface area contributed by atoms with Crippen molar-refractivity contribution >= 4 is 29.0 Å². The molecule has 0 bridgehead atoms. The molecule has 1 atom stereocenters. The van der Waals surface area contributed by atoms with Crippen molar-refractivity contribution < 1.29 is 9.53 Å². The molecule has 134 valence electrons. The minimum Gasteiger partial charge on any atom is -0.379 e. The van der Waals surface area contributed by atoms with Gasteiger partial charge in [0.2, 0.25) is 5.91 Å². The van der Waals surface area contributed by atoms with Gasteiger partial charge in [-0.1, -0.05) is 18.7 Å². The normalized spacial score (nSPS) is 22.7. The molecule has 2 fully saturated rings. The van der Waals surface area contributed by atoms with Crippen molar-refractivity contribution in [1.82, 2.24) is 14.8 Å². The highest BCUT2D eigenvalue weighted by Gasteiger charge is 2.29. The molecule has 0 aromatic carbocycles. The van der Waals surface area contributed by atoms with E-state index in [1.54, 1.807) is 23.1 Å². The molecule has 24 heavy (non-hydrogen) atoms. The van der Waals surface area contributed by atoms with Crippen LogP contribution in [0.25, 0.3) is 0 Å². The number of hydrogen-bond acceptors (Lipinski definition) is 6. The van der Waals surface area contributed by atoms with Crippen molar-refractivity contribution in [1.29, 1.82) is 0 Å². The van der Waals surface area contributed by atoms with Crippen LogP contribution >= 0.6 is 23.1 Å². The highest BCUT2D eigenvalue weighted by molar-refractivity contribution is 8.00. The number of carbonyl (C=O) groups is 1. The number of morpholine rings is 1. The number of carbonyl (C=O) groups excluding carboxylic acids is 1. The summed E-state index contributed by atoms with van der Waals surface area (Å²) in [5.41, 5.74) is 0.927. The molecule has 1 amide bonds. The molecule has 3 rings (SSSR count). The van der Waals surface area contributed by atoms with Crippen LogP contribution in [-0.4, -0.2) is 71.9 Å². The average molecular weight is 370 g/mol. The maximum absolute atomic E-state index is 12.8. The summed E-state index contributed by atoms with van der Waals surface area (Å²) in [6, 6.07) is 0.354. The van der Waals surface area contributed by atoms with E-state index in [-0.39, 0.29) is 5.91 Å². The molecule has 0 aliphatic carbocycles. The van der Waals surface area contributed by atoms with Crippen molar-refractivity contribution in [2.45, 2.75) is 43.0 Å². The van der Waals surface area contributed by atoms with Gasteiger partial charge in [0, 0.05) is 37.6 Å². The Morgan fingerprint density at radius 1 is 1.38 bits per heavy atom. The van der Waals surface area contributed by atoms with Crippen molar-refractivity contribution in [3.63, 3.8) is 0 Å². The number of likely N-dealkylation sites (tertiary alicyclic amines) is 1. The highest BCUT2D eigenvalue weighted by Crippen LogP contribution is 2.24. The number of piperidine rings is 1. The number of nitrogens with zero attached hydrogens (tertiary/aromatic N) is 3. The molecule has 2 aliphatic rings. The molecular weight excluding hydrogens is 342 g/mol. The first-order chi connectivity index (χ1) is 11.8. The van der Waals surface area contributed by atoms with E-state index in [4.69, 9.17) is 4.74 Å². The topological polar surface area (TPSA) is 45.7 Å². The summed E-state index contributed by atoms with van der Waals surface area (Å²) in [5, 5.41) is 2.04. The molecule has 3 heterocycles. The standard InChI is InChI=1S/C17H27N3O2S2/c1-2-23-17-18-14(13-24-17)11-16(21)20-6-4-3-5-15(20)12-19-7-9-22-10-8-19/h13,15H,2-12H2,1H3/t15-/m0/s1. The molecular formula is C17H27N3O2S2. The summed E-state index contributed by atoms with van der Waals surface area (Å²) in [7, 11) is 0. The van der Waals surface area contributed by atoms with Crippen LogP contribution in [0.2, 0.25) is 0 Å². The largest absolute Gasteiger partial charge is 0.379 e. The van der Waals surface area contributed by atoms with E-state index in [2.05, 4.69) is 21.7 Å². The molecule has 1 aromatic heterocycles. The lowest BCUT2D eigenvalue weighted by molar-refractivity contribution is -0.135. The molecule has 0 saturated carbocycles. The zero-order valence-electron chi connectivity index (χ0n) is 14.4. The van der Waals surface area contributed by atoms with Crippen molar-refractivity contribution in [2.75, 3.05) is 45.1 Å². The predicted molar refractivity (Wildman–Crippen MR) is 98.8 cm³/mol. The lowest BCUT2D eigenvalue weighted by Gasteiger charge is -2.39. The Morgan fingerprint density at radius 3 is 3.00 bits per heavy atom.